The monoisotopic (exact) mass is 300 g/mol. The van der Waals surface area contributed by atoms with Crippen molar-refractivity contribution < 1.29 is 4.79 Å². The first kappa shape index (κ1) is 14.5. The zero-order valence-corrected chi connectivity index (χ0v) is 12.5. The first-order chi connectivity index (χ1) is 9.08. The number of hydrogen-bond donors (Lipinski definition) is 1. The summed E-state index contributed by atoms with van der Waals surface area (Å²) in [6, 6.07) is 5.45. The molecule has 2 rings (SSSR count). The maximum atomic E-state index is 11.9. The summed E-state index contributed by atoms with van der Waals surface area (Å²) in [4.78, 5) is 13.8. The number of urea groups is 1. The molecule has 1 fully saturated rings. The Bertz CT molecular complexity index is 445. The highest BCUT2D eigenvalue weighted by Gasteiger charge is 2.22. The lowest BCUT2D eigenvalue weighted by Gasteiger charge is -2.17. The highest BCUT2D eigenvalue weighted by molar-refractivity contribution is 6.35. The molecule has 1 unspecified atom stereocenters. The Morgan fingerprint density at radius 3 is 2.68 bits per heavy atom. The van der Waals surface area contributed by atoms with E-state index in [1.807, 2.05) is 23.1 Å². The smallest absolute Gasteiger partial charge is 0.317 e. The molecule has 1 aromatic carbocycles. The molecule has 1 aliphatic heterocycles. The first-order valence-corrected chi connectivity index (χ1v) is 7.29. The second kappa shape index (κ2) is 6.49. The van der Waals surface area contributed by atoms with Gasteiger partial charge in [0, 0.05) is 29.7 Å². The largest absolute Gasteiger partial charge is 0.338 e. The van der Waals surface area contributed by atoms with Gasteiger partial charge in [-0.15, -0.1) is 0 Å². The van der Waals surface area contributed by atoms with E-state index in [2.05, 4.69) is 12.2 Å². The Labute approximate surface area is 123 Å². The van der Waals surface area contributed by atoms with Gasteiger partial charge in [0.1, 0.15) is 0 Å². The summed E-state index contributed by atoms with van der Waals surface area (Å²) < 4.78 is 0. The van der Waals surface area contributed by atoms with Crippen LogP contribution in [0.15, 0.2) is 18.2 Å². The summed E-state index contributed by atoms with van der Waals surface area (Å²) in [6.45, 7) is 4.41. The minimum absolute atomic E-state index is 0.00697. The van der Waals surface area contributed by atoms with Crippen molar-refractivity contribution in [3.05, 3.63) is 33.8 Å². The van der Waals surface area contributed by atoms with Gasteiger partial charge in [-0.2, -0.15) is 0 Å². The second-order valence-electron chi connectivity index (χ2n) is 5.02. The summed E-state index contributed by atoms with van der Waals surface area (Å²) in [5, 5.41) is 4.22. The SMILES string of the molecule is CC1CCN(C(=O)NCCc2c(Cl)cccc2Cl)C1. The van der Waals surface area contributed by atoms with Gasteiger partial charge in [-0.05, 0) is 36.5 Å². The molecule has 2 amide bonds. The molecule has 1 aromatic rings. The lowest BCUT2D eigenvalue weighted by Crippen LogP contribution is -2.39. The Hall–Kier alpha value is -0.930. The van der Waals surface area contributed by atoms with E-state index in [9.17, 15) is 4.79 Å². The molecule has 1 atom stereocenters. The molecule has 0 bridgehead atoms. The van der Waals surface area contributed by atoms with E-state index in [-0.39, 0.29) is 6.03 Å². The van der Waals surface area contributed by atoms with Gasteiger partial charge in [0.2, 0.25) is 0 Å². The number of benzene rings is 1. The molecule has 0 radical (unpaired) electrons. The summed E-state index contributed by atoms with van der Waals surface area (Å²) in [5.74, 6) is 0.601. The van der Waals surface area contributed by atoms with Crippen LogP contribution in [0.1, 0.15) is 18.9 Å². The maximum absolute atomic E-state index is 11.9. The number of nitrogens with zero attached hydrogens (tertiary/aromatic N) is 1. The molecule has 0 aliphatic carbocycles. The number of nitrogens with one attached hydrogen (secondary N) is 1. The Morgan fingerprint density at radius 2 is 2.11 bits per heavy atom. The number of amides is 2. The maximum Gasteiger partial charge on any atom is 0.317 e. The molecule has 1 N–H and O–H groups in total. The molecule has 5 heteroatoms. The standard InChI is InChI=1S/C14H18Cl2N2O/c1-10-6-8-18(9-10)14(19)17-7-5-11-12(15)3-2-4-13(11)16/h2-4,10H,5-9H2,1H3,(H,17,19). The van der Waals surface area contributed by atoms with Crippen molar-refractivity contribution in [3.8, 4) is 0 Å². The van der Waals surface area contributed by atoms with Crippen molar-refractivity contribution in [2.24, 2.45) is 5.92 Å². The number of carbonyl (C=O) groups is 1. The van der Waals surface area contributed by atoms with Crippen LogP contribution in [0, 0.1) is 5.92 Å². The predicted octanol–water partition coefficient (Wildman–Crippen LogP) is 3.59. The van der Waals surface area contributed by atoms with Crippen LogP contribution in [-0.4, -0.2) is 30.6 Å². The average molecular weight is 301 g/mol. The topological polar surface area (TPSA) is 32.3 Å². The van der Waals surface area contributed by atoms with E-state index >= 15 is 0 Å². The third-order valence-corrected chi connectivity index (χ3v) is 4.13. The van der Waals surface area contributed by atoms with Gasteiger partial charge in [-0.25, -0.2) is 4.79 Å². The van der Waals surface area contributed by atoms with Crippen LogP contribution in [0.4, 0.5) is 4.79 Å². The fraction of sp³-hybridized carbons (Fsp3) is 0.500. The fourth-order valence-corrected chi connectivity index (χ4v) is 2.88. The average Bonchev–Trinajstić information content (AvgIpc) is 2.79. The lowest BCUT2D eigenvalue weighted by atomic mass is 10.1. The van der Waals surface area contributed by atoms with Crippen LogP contribution < -0.4 is 5.32 Å². The summed E-state index contributed by atoms with van der Waals surface area (Å²) in [6.07, 6.45) is 1.73. The van der Waals surface area contributed by atoms with Crippen LogP contribution in [0.5, 0.6) is 0 Å². The van der Waals surface area contributed by atoms with Crippen LogP contribution in [0.3, 0.4) is 0 Å². The molecule has 1 heterocycles. The van der Waals surface area contributed by atoms with E-state index in [1.54, 1.807) is 0 Å². The van der Waals surface area contributed by atoms with Crippen molar-refractivity contribution in [1.82, 2.24) is 10.2 Å². The molecular formula is C14H18Cl2N2O. The number of carbonyl (C=O) groups excluding carboxylic acids is 1. The summed E-state index contributed by atoms with van der Waals surface area (Å²) in [5.41, 5.74) is 0.890. The van der Waals surface area contributed by atoms with Gasteiger partial charge < -0.3 is 10.2 Å². The van der Waals surface area contributed by atoms with Gasteiger partial charge in [0.05, 0.1) is 0 Å². The second-order valence-corrected chi connectivity index (χ2v) is 5.84. The number of likely N-dealkylation sites (tertiary alicyclic amines) is 1. The van der Waals surface area contributed by atoms with E-state index in [4.69, 9.17) is 23.2 Å². The van der Waals surface area contributed by atoms with Crippen LogP contribution in [-0.2, 0) is 6.42 Å². The quantitative estimate of drug-likeness (QED) is 0.909. The zero-order valence-electron chi connectivity index (χ0n) is 11.0. The minimum Gasteiger partial charge on any atom is -0.338 e. The van der Waals surface area contributed by atoms with Crippen LogP contribution in [0.2, 0.25) is 10.0 Å². The van der Waals surface area contributed by atoms with Gasteiger partial charge in [0.15, 0.2) is 0 Å². The van der Waals surface area contributed by atoms with E-state index < -0.39 is 0 Å². The van der Waals surface area contributed by atoms with Gasteiger partial charge >= 0.3 is 6.03 Å². The van der Waals surface area contributed by atoms with Crippen molar-refractivity contribution in [1.29, 1.82) is 0 Å². The fourth-order valence-electron chi connectivity index (χ4n) is 2.30. The third kappa shape index (κ3) is 3.77. The van der Waals surface area contributed by atoms with E-state index in [0.717, 1.165) is 25.1 Å². The lowest BCUT2D eigenvalue weighted by molar-refractivity contribution is 0.207. The number of halogens is 2. The molecule has 0 aromatic heterocycles. The zero-order chi connectivity index (χ0) is 13.8. The van der Waals surface area contributed by atoms with E-state index in [1.165, 1.54) is 0 Å². The van der Waals surface area contributed by atoms with Crippen molar-refractivity contribution in [3.63, 3.8) is 0 Å². The highest BCUT2D eigenvalue weighted by Crippen LogP contribution is 2.24. The molecule has 19 heavy (non-hydrogen) atoms. The molecule has 1 aliphatic rings. The van der Waals surface area contributed by atoms with Crippen molar-refractivity contribution in [2.45, 2.75) is 19.8 Å². The van der Waals surface area contributed by atoms with Gasteiger partial charge in [-0.1, -0.05) is 36.2 Å². The Kier molecular flexibility index (Phi) is 4.94. The molecule has 0 spiro atoms. The minimum atomic E-state index is 0.00697. The van der Waals surface area contributed by atoms with Gasteiger partial charge in [0.25, 0.3) is 0 Å². The Morgan fingerprint density at radius 1 is 1.42 bits per heavy atom. The first-order valence-electron chi connectivity index (χ1n) is 6.53. The van der Waals surface area contributed by atoms with Gasteiger partial charge in [-0.3, -0.25) is 0 Å². The number of rotatable bonds is 3. The van der Waals surface area contributed by atoms with Crippen LogP contribution >= 0.6 is 23.2 Å². The molecule has 3 nitrogen and oxygen atoms in total. The Balaban J connectivity index is 1.82. The summed E-state index contributed by atoms with van der Waals surface area (Å²) in [7, 11) is 0. The normalized spacial score (nSPS) is 18.7. The molecular weight excluding hydrogens is 283 g/mol. The molecule has 104 valence electrons. The molecule has 0 saturated carbocycles. The summed E-state index contributed by atoms with van der Waals surface area (Å²) >= 11 is 12.2. The number of hydrogen-bond acceptors (Lipinski definition) is 1. The third-order valence-electron chi connectivity index (χ3n) is 3.42. The van der Waals surface area contributed by atoms with Crippen LogP contribution in [0.25, 0.3) is 0 Å². The van der Waals surface area contributed by atoms with Crippen molar-refractivity contribution >= 4 is 29.2 Å². The predicted molar refractivity (Wildman–Crippen MR) is 78.9 cm³/mol. The highest BCUT2D eigenvalue weighted by atomic mass is 35.5. The molecule has 1 saturated heterocycles. The van der Waals surface area contributed by atoms with E-state index in [0.29, 0.717) is 28.9 Å². The van der Waals surface area contributed by atoms with Crippen molar-refractivity contribution in [2.75, 3.05) is 19.6 Å².